The third-order valence-corrected chi connectivity index (χ3v) is 2.91. The molecule has 0 aliphatic rings. The molecule has 0 amide bonds. The maximum Gasteiger partial charge on any atom is 0.161 e. The summed E-state index contributed by atoms with van der Waals surface area (Å²) in [5.74, 6) is -0.412. The monoisotopic (exact) mass is 237 g/mol. The molecule has 0 unspecified atom stereocenters. The van der Waals surface area contributed by atoms with Crippen LogP contribution in [0.3, 0.4) is 0 Å². The first kappa shape index (κ1) is 13.7. The normalized spacial score (nSPS) is 10.4. The van der Waals surface area contributed by atoms with Crippen molar-refractivity contribution in [3.05, 3.63) is 29.1 Å². The Morgan fingerprint density at radius 2 is 2.06 bits per heavy atom. The summed E-state index contributed by atoms with van der Waals surface area (Å²) in [5.41, 5.74) is 1.87. The van der Waals surface area contributed by atoms with Crippen LogP contribution >= 0.6 is 0 Å². The molecule has 0 saturated carbocycles. The fourth-order valence-corrected chi connectivity index (χ4v) is 1.78. The Morgan fingerprint density at radius 1 is 1.41 bits per heavy atom. The number of carbonyl (C=O) groups excluding carboxylic acids is 1. The molecule has 0 aliphatic heterocycles. The highest BCUT2D eigenvalue weighted by atomic mass is 19.1. The van der Waals surface area contributed by atoms with E-state index < -0.39 is 0 Å². The predicted octanol–water partition coefficient (Wildman–Crippen LogP) is 3.57. The average molecular weight is 237 g/mol. The van der Waals surface area contributed by atoms with Gasteiger partial charge >= 0.3 is 0 Å². The number of hydrogen-bond acceptors (Lipinski definition) is 2. The second-order valence-electron chi connectivity index (χ2n) is 4.45. The summed E-state index contributed by atoms with van der Waals surface area (Å²) in [6.07, 6.45) is 2.16. The predicted molar refractivity (Wildman–Crippen MR) is 69.3 cm³/mol. The SMILES string of the molecule is CCCCN(C)c1cc(C)c(F)cc1C(C)=O. The third-order valence-electron chi connectivity index (χ3n) is 2.91. The van der Waals surface area contributed by atoms with Crippen LogP contribution in [0.25, 0.3) is 0 Å². The maximum absolute atomic E-state index is 13.5. The molecule has 0 radical (unpaired) electrons. The smallest absolute Gasteiger partial charge is 0.161 e. The van der Waals surface area contributed by atoms with Crippen molar-refractivity contribution in [1.82, 2.24) is 0 Å². The Labute approximate surface area is 102 Å². The largest absolute Gasteiger partial charge is 0.374 e. The molecule has 0 aromatic heterocycles. The number of hydrogen-bond donors (Lipinski definition) is 0. The number of nitrogens with zero attached hydrogens (tertiary/aromatic N) is 1. The van der Waals surface area contributed by atoms with Gasteiger partial charge in [-0.3, -0.25) is 4.79 Å². The van der Waals surface area contributed by atoms with Gasteiger partial charge in [-0.1, -0.05) is 13.3 Å². The number of carbonyl (C=O) groups is 1. The highest BCUT2D eigenvalue weighted by molar-refractivity contribution is 5.99. The van der Waals surface area contributed by atoms with Crippen LogP contribution in [0.4, 0.5) is 10.1 Å². The van der Waals surface area contributed by atoms with E-state index in [0.717, 1.165) is 25.1 Å². The number of Topliss-reactive ketones (excluding diaryl/α,β-unsaturated/α-hetero) is 1. The van der Waals surface area contributed by atoms with Gasteiger partial charge in [-0.25, -0.2) is 4.39 Å². The Morgan fingerprint density at radius 3 is 2.59 bits per heavy atom. The molecule has 0 spiro atoms. The van der Waals surface area contributed by atoms with E-state index in [1.54, 1.807) is 13.0 Å². The molecule has 17 heavy (non-hydrogen) atoms. The van der Waals surface area contributed by atoms with Crippen LogP contribution in [0.1, 0.15) is 42.6 Å². The number of ketones is 1. The first-order chi connectivity index (χ1) is 7.97. The second-order valence-corrected chi connectivity index (χ2v) is 4.45. The summed E-state index contributed by atoms with van der Waals surface area (Å²) in [6, 6.07) is 3.09. The summed E-state index contributed by atoms with van der Waals surface area (Å²) >= 11 is 0. The van der Waals surface area contributed by atoms with E-state index in [4.69, 9.17) is 0 Å². The van der Waals surface area contributed by atoms with Crippen LogP contribution in [0.2, 0.25) is 0 Å². The molecule has 1 aromatic rings. The van der Waals surface area contributed by atoms with Gasteiger partial charge in [-0.15, -0.1) is 0 Å². The molecular weight excluding hydrogens is 217 g/mol. The van der Waals surface area contributed by atoms with Gasteiger partial charge in [0.25, 0.3) is 0 Å². The molecule has 0 fully saturated rings. The van der Waals surface area contributed by atoms with Crippen molar-refractivity contribution < 1.29 is 9.18 Å². The minimum atomic E-state index is -0.317. The zero-order valence-corrected chi connectivity index (χ0v) is 11.0. The van der Waals surface area contributed by atoms with Gasteiger partial charge in [-0.05, 0) is 38.0 Å². The van der Waals surface area contributed by atoms with Gasteiger partial charge < -0.3 is 4.90 Å². The standard InChI is InChI=1S/C14H20FNO/c1-5-6-7-16(4)14-8-10(2)13(15)9-12(14)11(3)17/h8-9H,5-7H2,1-4H3. The van der Waals surface area contributed by atoms with Crippen LogP contribution in [0.15, 0.2) is 12.1 Å². The number of benzene rings is 1. The van der Waals surface area contributed by atoms with Crippen molar-refractivity contribution in [3.8, 4) is 0 Å². The minimum Gasteiger partial charge on any atom is -0.374 e. The molecule has 94 valence electrons. The molecule has 0 aliphatic carbocycles. The first-order valence-corrected chi connectivity index (χ1v) is 5.99. The van der Waals surface area contributed by atoms with Crippen LogP contribution in [-0.4, -0.2) is 19.4 Å². The van der Waals surface area contributed by atoms with E-state index in [0.29, 0.717) is 11.1 Å². The Bertz CT molecular complexity index is 415. The van der Waals surface area contributed by atoms with Crippen LogP contribution in [0, 0.1) is 12.7 Å². The van der Waals surface area contributed by atoms with Crippen molar-refractivity contribution in [2.24, 2.45) is 0 Å². The average Bonchev–Trinajstić information content (AvgIpc) is 2.28. The van der Waals surface area contributed by atoms with Crippen molar-refractivity contribution in [3.63, 3.8) is 0 Å². The zero-order chi connectivity index (χ0) is 13.0. The molecule has 0 bridgehead atoms. The number of rotatable bonds is 5. The van der Waals surface area contributed by atoms with Crippen LogP contribution in [0.5, 0.6) is 0 Å². The van der Waals surface area contributed by atoms with E-state index in [1.165, 1.54) is 13.0 Å². The summed E-state index contributed by atoms with van der Waals surface area (Å²) in [7, 11) is 1.94. The van der Waals surface area contributed by atoms with Gasteiger partial charge in [0.1, 0.15) is 5.82 Å². The summed E-state index contributed by atoms with van der Waals surface area (Å²) < 4.78 is 13.5. The molecule has 1 rings (SSSR count). The van der Waals surface area contributed by atoms with Crippen LogP contribution < -0.4 is 4.90 Å². The van der Waals surface area contributed by atoms with E-state index in [2.05, 4.69) is 6.92 Å². The van der Waals surface area contributed by atoms with E-state index in [9.17, 15) is 9.18 Å². The lowest BCUT2D eigenvalue weighted by Crippen LogP contribution is -2.21. The third kappa shape index (κ3) is 3.29. The molecule has 0 N–H and O–H groups in total. The van der Waals surface area contributed by atoms with Crippen molar-refractivity contribution in [1.29, 1.82) is 0 Å². The number of anilines is 1. The Balaban J connectivity index is 3.11. The van der Waals surface area contributed by atoms with Crippen molar-refractivity contribution in [2.75, 3.05) is 18.5 Å². The first-order valence-electron chi connectivity index (χ1n) is 5.99. The zero-order valence-electron chi connectivity index (χ0n) is 11.0. The lowest BCUT2D eigenvalue weighted by Gasteiger charge is -2.22. The molecule has 0 heterocycles. The van der Waals surface area contributed by atoms with Crippen LogP contribution in [-0.2, 0) is 0 Å². The van der Waals surface area contributed by atoms with E-state index >= 15 is 0 Å². The molecule has 0 atom stereocenters. The molecule has 1 aromatic carbocycles. The second kappa shape index (κ2) is 5.80. The van der Waals surface area contributed by atoms with Crippen molar-refractivity contribution >= 4 is 11.5 Å². The van der Waals surface area contributed by atoms with Crippen molar-refractivity contribution in [2.45, 2.75) is 33.6 Å². The number of unbranched alkanes of at least 4 members (excludes halogenated alkanes) is 1. The quantitative estimate of drug-likeness (QED) is 0.730. The fourth-order valence-electron chi connectivity index (χ4n) is 1.78. The highest BCUT2D eigenvalue weighted by Crippen LogP contribution is 2.24. The van der Waals surface area contributed by atoms with Gasteiger partial charge in [0.2, 0.25) is 0 Å². The molecule has 2 nitrogen and oxygen atoms in total. The molecule has 0 saturated heterocycles. The maximum atomic E-state index is 13.5. The lowest BCUT2D eigenvalue weighted by atomic mass is 10.0. The van der Waals surface area contributed by atoms with Gasteiger partial charge in [0.05, 0.1) is 0 Å². The van der Waals surface area contributed by atoms with Gasteiger partial charge in [-0.2, -0.15) is 0 Å². The van der Waals surface area contributed by atoms with E-state index in [1.807, 2.05) is 11.9 Å². The topological polar surface area (TPSA) is 20.3 Å². The van der Waals surface area contributed by atoms with E-state index in [-0.39, 0.29) is 11.6 Å². The summed E-state index contributed by atoms with van der Waals surface area (Å²) in [6.45, 7) is 6.19. The number of halogens is 1. The summed E-state index contributed by atoms with van der Waals surface area (Å²) in [4.78, 5) is 13.5. The van der Waals surface area contributed by atoms with Gasteiger partial charge in [0.15, 0.2) is 5.78 Å². The minimum absolute atomic E-state index is 0.0951. The fraction of sp³-hybridized carbons (Fsp3) is 0.500. The summed E-state index contributed by atoms with van der Waals surface area (Å²) in [5, 5.41) is 0. The Kier molecular flexibility index (Phi) is 4.67. The lowest BCUT2D eigenvalue weighted by molar-refractivity contribution is 0.101. The highest BCUT2D eigenvalue weighted by Gasteiger charge is 2.14. The molecule has 3 heteroatoms. The Hall–Kier alpha value is -1.38. The van der Waals surface area contributed by atoms with Gasteiger partial charge in [0, 0.05) is 24.8 Å². The molecular formula is C14H20FNO. The number of aryl methyl sites for hydroxylation is 1.